The van der Waals surface area contributed by atoms with Gasteiger partial charge in [0.05, 0.1) is 37.3 Å². The Morgan fingerprint density at radius 3 is 2.00 bits per heavy atom. The van der Waals surface area contributed by atoms with Crippen molar-refractivity contribution in [3.05, 3.63) is 102 Å². The Morgan fingerprint density at radius 1 is 0.972 bits per heavy atom. The first-order valence-corrected chi connectivity index (χ1v) is 13.7. The molecule has 3 aromatic carbocycles. The van der Waals surface area contributed by atoms with E-state index in [1.54, 1.807) is 0 Å². The number of benzene rings is 3. The molecule has 1 saturated heterocycles. The summed E-state index contributed by atoms with van der Waals surface area (Å²) in [4.78, 5) is 12.9. The third kappa shape index (κ3) is 5.06. The summed E-state index contributed by atoms with van der Waals surface area (Å²) < 4.78 is 53.1. The predicted octanol–water partition coefficient (Wildman–Crippen LogP) is 4.07. The largest absolute Gasteiger partial charge is 0.369 e. The second-order valence-corrected chi connectivity index (χ2v) is 12.0. The maximum atomic E-state index is 13.5. The fourth-order valence-corrected chi connectivity index (χ4v) is 7.06. The van der Waals surface area contributed by atoms with Crippen molar-refractivity contribution < 1.29 is 26.5 Å². The highest BCUT2D eigenvalue weighted by atomic mass is 32.2. The number of nitrogens with zero attached hydrogens (tertiary/aromatic N) is 1. The van der Waals surface area contributed by atoms with Crippen LogP contribution in [0, 0.1) is 17.6 Å². The summed E-state index contributed by atoms with van der Waals surface area (Å²) in [6, 6.07) is 21.5. The van der Waals surface area contributed by atoms with E-state index in [2.05, 4.69) is 7.05 Å². The molecule has 0 saturated carbocycles. The summed E-state index contributed by atoms with van der Waals surface area (Å²) in [5.74, 6) is -2.54. The predicted molar refractivity (Wildman–Crippen MR) is 135 cm³/mol. The number of hydrogen-bond acceptors (Lipinski definition) is 3. The first-order chi connectivity index (χ1) is 17.1. The maximum absolute atomic E-state index is 13.5. The van der Waals surface area contributed by atoms with Crippen molar-refractivity contribution in [2.45, 2.75) is 23.2 Å². The molecule has 0 bridgehead atoms. The van der Waals surface area contributed by atoms with Crippen LogP contribution in [0.2, 0.25) is 0 Å². The van der Waals surface area contributed by atoms with E-state index in [1.165, 1.54) is 0 Å². The summed E-state index contributed by atoms with van der Waals surface area (Å²) >= 11 is 0. The Bertz CT molecular complexity index is 1270. The maximum Gasteiger partial charge on any atom is 0.233 e. The van der Waals surface area contributed by atoms with Crippen molar-refractivity contribution in [2.75, 3.05) is 32.4 Å². The van der Waals surface area contributed by atoms with Crippen molar-refractivity contribution in [1.29, 1.82) is 0 Å². The van der Waals surface area contributed by atoms with E-state index in [0.29, 0.717) is 30.1 Å². The molecule has 0 aromatic heterocycles. The highest BCUT2D eigenvalue weighted by molar-refractivity contribution is 7.91. The number of carbonyl (C=O) groups is 1. The molecule has 1 aliphatic heterocycles. The number of sulfone groups is 1. The van der Waals surface area contributed by atoms with Crippen LogP contribution in [-0.4, -0.2) is 51.2 Å². The molecule has 5 nitrogen and oxygen atoms in total. The Balaban J connectivity index is 1.56. The lowest BCUT2D eigenvalue weighted by molar-refractivity contribution is -0.899. The molecule has 0 spiro atoms. The number of rotatable bonds is 9. The summed E-state index contributed by atoms with van der Waals surface area (Å²) in [6.07, 6.45) is 1.06. The highest BCUT2D eigenvalue weighted by Gasteiger charge is 2.53. The zero-order valence-electron chi connectivity index (χ0n) is 20.2. The molecular formula is C28H31F2N2O3S+. The quantitative estimate of drug-likeness (QED) is 0.439. The van der Waals surface area contributed by atoms with Gasteiger partial charge in [-0.15, -0.1) is 0 Å². The molecule has 0 aliphatic carbocycles. The van der Waals surface area contributed by atoms with Crippen LogP contribution in [0.5, 0.6) is 0 Å². The average Bonchev–Trinajstić information content (AvgIpc) is 3.22. The van der Waals surface area contributed by atoms with Crippen LogP contribution in [0.25, 0.3) is 0 Å². The van der Waals surface area contributed by atoms with E-state index in [-0.39, 0.29) is 16.6 Å². The lowest BCUT2D eigenvalue weighted by atomic mass is 9.64. The van der Waals surface area contributed by atoms with E-state index in [0.717, 1.165) is 36.2 Å². The standard InChI is InChI=1S/C28H30F2N2O3S/c1-32(14-8-16-36(34,35)26-18-24(29)17-25(30)19-26)15-13-23(20-32)28(27(31)33,21-9-4-2-5-10-21)22-11-6-3-7-12-22/h2-7,9-12,17-19,23H,8,13-16,20H2,1H3,(H-,31,33)/p+1/t23-,32?/m1/s1. The molecule has 2 atom stereocenters. The third-order valence-electron chi connectivity index (χ3n) is 7.44. The number of quaternary nitrogens is 1. The molecule has 8 heteroatoms. The van der Waals surface area contributed by atoms with E-state index in [4.69, 9.17) is 5.73 Å². The Morgan fingerprint density at radius 2 is 1.50 bits per heavy atom. The Labute approximate surface area is 211 Å². The van der Waals surface area contributed by atoms with E-state index >= 15 is 0 Å². The van der Waals surface area contributed by atoms with Crippen LogP contribution in [0.1, 0.15) is 24.0 Å². The van der Waals surface area contributed by atoms with Gasteiger partial charge in [-0.1, -0.05) is 60.7 Å². The zero-order chi connectivity index (χ0) is 26.0. The summed E-state index contributed by atoms with van der Waals surface area (Å²) in [5, 5.41) is 0. The smallest absolute Gasteiger partial charge is 0.233 e. The first kappa shape index (κ1) is 26.0. The monoisotopic (exact) mass is 513 g/mol. The van der Waals surface area contributed by atoms with Crippen molar-refractivity contribution in [1.82, 2.24) is 0 Å². The minimum Gasteiger partial charge on any atom is -0.369 e. The molecule has 1 fully saturated rings. The number of nitrogens with two attached hydrogens (primary N) is 1. The average molecular weight is 514 g/mol. The number of likely N-dealkylation sites (tertiary alicyclic amines) is 1. The minimum atomic E-state index is -3.83. The Hall–Kier alpha value is -3.10. The lowest BCUT2D eigenvalue weighted by Gasteiger charge is -2.38. The fraction of sp³-hybridized carbons (Fsp3) is 0.321. The van der Waals surface area contributed by atoms with Crippen LogP contribution in [-0.2, 0) is 20.0 Å². The number of hydrogen-bond donors (Lipinski definition) is 1. The molecule has 190 valence electrons. The molecule has 0 radical (unpaired) electrons. The number of amides is 1. The van der Waals surface area contributed by atoms with Gasteiger partial charge in [-0.2, -0.15) is 0 Å². The van der Waals surface area contributed by atoms with Gasteiger partial charge in [0.2, 0.25) is 5.91 Å². The highest BCUT2D eigenvalue weighted by Crippen LogP contribution is 2.45. The molecule has 36 heavy (non-hydrogen) atoms. The molecule has 3 aromatic rings. The second-order valence-electron chi connectivity index (χ2n) is 9.92. The van der Waals surface area contributed by atoms with E-state index in [9.17, 15) is 22.0 Å². The van der Waals surface area contributed by atoms with Gasteiger partial charge in [-0.05, 0) is 23.3 Å². The van der Waals surface area contributed by atoms with Gasteiger partial charge in [0.25, 0.3) is 0 Å². The Kier molecular flexibility index (Phi) is 7.29. The van der Waals surface area contributed by atoms with Gasteiger partial charge in [0.1, 0.15) is 17.0 Å². The molecule has 1 unspecified atom stereocenters. The van der Waals surface area contributed by atoms with Gasteiger partial charge in [0, 0.05) is 24.8 Å². The van der Waals surface area contributed by atoms with Crippen LogP contribution >= 0.6 is 0 Å². The van der Waals surface area contributed by atoms with Crippen molar-refractivity contribution in [3.63, 3.8) is 0 Å². The molecule has 1 amide bonds. The van der Waals surface area contributed by atoms with Crippen molar-refractivity contribution >= 4 is 15.7 Å². The van der Waals surface area contributed by atoms with Crippen LogP contribution in [0.4, 0.5) is 8.78 Å². The minimum absolute atomic E-state index is 0.0845. The first-order valence-electron chi connectivity index (χ1n) is 12.0. The number of primary amides is 1. The van der Waals surface area contributed by atoms with Crippen LogP contribution in [0.3, 0.4) is 0 Å². The van der Waals surface area contributed by atoms with Gasteiger partial charge in [-0.25, -0.2) is 17.2 Å². The summed E-state index contributed by atoms with van der Waals surface area (Å²) in [6.45, 7) is 1.95. The van der Waals surface area contributed by atoms with Crippen LogP contribution < -0.4 is 5.73 Å². The van der Waals surface area contributed by atoms with Crippen LogP contribution in [0.15, 0.2) is 83.8 Å². The van der Waals surface area contributed by atoms with E-state index < -0.39 is 32.8 Å². The molecule has 4 rings (SSSR count). The molecule has 2 N–H and O–H groups in total. The van der Waals surface area contributed by atoms with Crippen molar-refractivity contribution in [3.8, 4) is 0 Å². The summed E-state index contributed by atoms with van der Waals surface area (Å²) in [7, 11) is -1.78. The third-order valence-corrected chi connectivity index (χ3v) is 9.22. The fourth-order valence-electron chi connectivity index (χ4n) is 5.73. The van der Waals surface area contributed by atoms with E-state index in [1.807, 2.05) is 60.7 Å². The van der Waals surface area contributed by atoms with Gasteiger partial charge < -0.3 is 10.2 Å². The van der Waals surface area contributed by atoms with Gasteiger partial charge >= 0.3 is 0 Å². The number of halogens is 2. The summed E-state index contributed by atoms with van der Waals surface area (Å²) in [5.41, 5.74) is 6.84. The number of carbonyl (C=O) groups excluding carboxylic acids is 1. The van der Waals surface area contributed by atoms with Gasteiger partial charge in [-0.3, -0.25) is 4.79 Å². The SMILES string of the molecule is C[N+]1(CCCS(=O)(=O)c2cc(F)cc(F)c2)CC[C@@H](C(C(N)=O)(c2ccccc2)c2ccccc2)C1. The molecule has 1 heterocycles. The topological polar surface area (TPSA) is 77.2 Å². The zero-order valence-corrected chi connectivity index (χ0v) is 21.1. The normalized spacial score (nSPS) is 20.4. The lowest BCUT2D eigenvalue weighted by Crippen LogP contribution is -2.51. The van der Waals surface area contributed by atoms with Gasteiger partial charge in [0.15, 0.2) is 9.84 Å². The second kappa shape index (κ2) is 10.1. The molecule has 1 aliphatic rings. The molecular weight excluding hydrogens is 482 g/mol. The van der Waals surface area contributed by atoms with Crippen molar-refractivity contribution in [2.24, 2.45) is 11.7 Å².